The summed E-state index contributed by atoms with van der Waals surface area (Å²) in [6.07, 6.45) is 2.25. The van der Waals surface area contributed by atoms with Gasteiger partial charge in [0.1, 0.15) is 17.5 Å². The molecule has 3 aromatic rings. The maximum atomic E-state index is 12.7. The number of fused-ring (bicyclic) bond motifs is 3. The Kier molecular flexibility index (Phi) is 6.72. The Balaban J connectivity index is 1.28. The molecule has 8 nitrogen and oxygen atoms in total. The molecular formula is C28H29ClN2O6. The highest BCUT2D eigenvalue weighted by atomic mass is 35.5. The maximum Gasteiger partial charge on any atom is 0.412 e. The first-order chi connectivity index (χ1) is 17.7. The fourth-order valence-corrected chi connectivity index (χ4v) is 5.55. The van der Waals surface area contributed by atoms with Gasteiger partial charge >= 0.3 is 12.1 Å². The fourth-order valence-electron chi connectivity index (χ4n) is 5.42. The first-order valence-electron chi connectivity index (χ1n) is 12.3. The van der Waals surface area contributed by atoms with Crippen LogP contribution in [0.2, 0.25) is 5.02 Å². The number of halogens is 1. The Bertz CT molecular complexity index is 1280. The van der Waals surface area contributed by atoms with E-state index in [2.05, 4.69) is 22.6 Å². The van der Waals surface area contributed by atoms with Crippen LogP contribution in [0.4, 0.5) is 10.5 Å². The van der Waals surface area contributed by atoms with Gasteiger partial charge in [0, 0.05) is 16.0 Å². The average Bonchev–Trinajstić information content (AvgIpc) is 3.24. The molecule has 1 atom stereocenters. The van der Waals surface area contributed by atoms with Crippen molar-refractivity contribution in [2.24, 2.45) is 0 Å². The van der Waals surface area contributed by atoms with E-state index in [1.807, 2.05) is 24.3 Å². The van der Waals surface area contributed by atoms with E-state index in [0.717, 1.165) is 42.4 Å². The lowest BCUT2D eigenvalue weighted by Crippen LogP contribution is -2.54. The van der Waals surface area contributed by atoms with Crippen molar-refractivity contribution in [1.29, 1.82) is 0 Å². The molecule has 1 aromatic heterocycles. The van der Waals surface area contributed by atoms with E-state index in [9.17, 15) is 14.7 Å². The van der Waals surface area contributed by atoms with Crippen molar-refractivity contribution in [1.82, 2.24) is 5.16 Å². The SMILES string of the molecule is Cc1noc(-c2ccc(C34CCC(CC(=O)O)(CC3)OC4)cc2)c1NC(=O)OC(C)c1ccc(Cl)cc1. The quantitative estimate of drug-likeness (QED) is 0.355. The highest BCUT2D eigenvalue weighted by molar-refractivity contribution is 6.30. The number of carbonyl (C=O) groups excluding carboxylic acids is 1. The summed E-state index contributed by atoms with van der Waals surface area (Å²) in [5, 5.41) is 16.7. The first-order valence-corrected chi connectivity index (χ1v) is 12.7. The Morgan fingerprint density at radius 3 is 2.38 bits per heavy atom. The smallest absolute Gasteiger partial charge is 0.412 e. The number of hydrogen-bond donors (Lipinski definition) is 2. The Morgan fingerprint density at radius 1 is 1.11 bits per heavy atom. The van der Waals surface area contributed by atoms with Gasteiger partial charge in [-0.3, -0.25) is 10.1 Å². The van der Waals surface area contributed by atoms with E-state index >= 15 is 0 Å². The Hall–Kier alpha value is -3.36. The van der Waals surface area contributed by atoms with Gasteiger partial charge in [0.2, 0.25) is 0 Å². The third-order valence-corrected chi connectivity index (χ3v) is 7.97. The number of hydrogen-bond acceptors (Lipinski definition) is 6. The van der Waals surface area contributed by atoms with E-state index in [-0.39, 0.29) is 11.8 Å². The number of benzene rings is 2. The van der Waals surface area contributed by atoms with E-state index < -0.39 is 23.8 Å². The second-order valence-corrected chi connectivity index (χ2v) is 10.5. The van der Waals surface area contributed by atoms with Gasteiger partial charge < -0.3 is 19.1 Å². The molecule has 6 rings (SSSR count). The zero-order valence-corrected chi connectivity index (χ0v) is 21.5. The molecular weight excluding hydrogens is 496 g/mol. The molecule has 3 heterocycles. The monoisotopic (exact) mass is 524 g/mol. The molecule has 2 N–H and O–H groups in total. The molecule has 0 radical (unpaired) electrons. The lowest BCUT2D eigenvalue weighted by molar-refractivity contribution is -0.174. The molecule has 0 spiro atoms. The lowest BCUT2D eigenvalue weighted by atomic mass is 9.62. The van der Waals surface area contributed by atoms with Crippen molar-refractivity contribution in [3.8, 4) is 11.3 Å². The minimum absolute atomic E-state index is 0.0591. The summed E-state index contributed by atoms with van der Waals surface area (Å²) < 4.78 is 17.2. The van der Waals surface area contributed by atoms with Crippen LogP contribution in [0.3, 0.4) is 0 Å². The van der Waals surface area contributed by atoms with Crippen LogP contribution in [-0.4, -0.2) is 34.5 Å². The van der Waals surface area contributed by atoms with Crippen molar-refractivity contribution in [3.05, 3.63) is 70.4 Å². The predicted octanol–water partition coefficient (Wildman–Crippen LogP) is 6.67. The summed E-state index contributed by atoms with van der Waals surface area (Å²) in [4.78, 5) is 23.9. The highest BCUT2D eigenvalue weighted by Crippen LogP contribution is 2.51. The van der Waals surface area contributed by atoms with Gasteiger partial charge in [-0.15, -0.1) is 0 Å². The third kappa shape index (κ3) is 5.08. The van der Waals surface area contributed by atoms with Gasteiger partial charge in [0.05, 0.1) is 18.6 Å². The van der Waals surface area contributed by atoms with Crippen LogP contribution in [0, 0.1) is 6.92 Å². The standard InChI is InChI=1S/C28H29ClN2O6/c1-17-24(30-26(34)36-18(2)19-5-9-22(29)10-6-19)25(37-31-17)20-3-7-21(8-4-20)27-11-13-28(14-12-27,35-16-27)15-23(32)33/h3-10,18H,11-16H2,1-2H3,(H,30,34)(H,32,33). The van der Waals surface area contributed by atoms with Crippen LogP contribution < -0.4 is 5.32 Å². The van der Waals surface area contributed by atoms with E-state index in [1.54, 1.807) is 26.0 Å². The topological polar surface area (TPSA) is 111 Å². The van der Waals surface area contributed by atoms with Crippen LogP contribution >= 0.6 is 11.6 Å². The van der Waals surface area contributed by atoms with E-state index in [0.29, 0.717) is 28.8 Å². The number of aromatic nitrogens is 1. The summed E-state index contributed by atoms with van der Waals surface area (Å²) in [7, 11) is 0. The number of aliphatic carboxylic acids is 1. The molecule has 3 aliphatic rings. The second kappa shape index (κ2) is 9.84. The summed E-state index contributed by atoms with van der Waals surface area (Å²) in [6.45, 7) is 4.06. The molecule has 1 amide bonds. The molecule has 3 fully saturated rings. The fraction of sp³-hybridized carbons (Fsp3) is 0.393. The minimum Gasteiger partial charge on any atom is -0.481 e. The van der Waals surface area contributed by atoms with E-state index in [1.165, 1.54) is 0 Å². The van der Waals surface area contributed by atoms with Gasteiger partial charge in [-0.05, 0) is 62.8 Å². The van der Waals surface area contributed by atoms with Crippen LogP contribution in [-0.2, 0) is 19.7 Å². The van der Waals surface area contributed by atoms with Crippen LogP contribution in [0.15, 0.2) is 53.1 Å². The van der Waals surface area contributed by atoms with Crippen molar-refractivity contribution in [2.45, 2.75) is 63.1 Å². The van der Waals surface area contributed by atoms with Crippen molar-refractivity contribution in [2.75, 3.05) is 11.9 Å². The summed E-state index contributed by atoms with van der Waals surface area (Å²) >= 11 is 5.94. The maximum absolute atomic E-state index is 12.7. The largest absolute Gasteiger partial charge is 0.481 e. The Morgan fingerprint density at radius 2 is 1.78 bits per heavy atom. The number of nitrogens with one attached hydrogen (secondary N) is 1. The molecule has 37 heavy (non-hydrogen) atoms. The van der Waals surface area contributed by atoms with Gasteiger partial charge in [0.25, 0.3) is 0 Å². The molecule has 9 heteroatoms. The number of rotatable bonds is 7. The normalized spacial score (nSPS) is 23.4. The molecule has 2 bridgehead atoms. The van der Waals surface area contributed by atoms with Crippen LogP contribution in [0.5, 0.6) is 0 Å². The van der Waals surface area contributed by atoms with E-state index in [4.69, 9.17) is 25.6 Å². The molecule has 1 aliphatic carbocycles. The number of carbonyl (C=O) groups is 2. The minimum atomic E-state index is -0.811. The average molecular weight is 525 g/mol. The number of amides is 1. The third-order valence-electron chi connectivity index (χ3n) is 7.72. The summed E-state index contributed by atoms with van der Waals surface area (Å²) in [5.74, 6) is -0.365. The zero-order chi connectivity index (χ0) is 26.2. The molecule has 2 saturated heterocycles. The lowest BCUT2D eigenvalue weighted by Gasteiger charge is -2.53. The number of ether oxygens (including phenoxy) is 2. The number of aryl methyl sites for hydroxylation is 1. The van der Waals surface area contributed by atoms with Gasteiger partial charge in [-0.25, -0.2) is 4.79 Å². The summed E-state index contributed by atoms with van der Waals surface area (Å²) in [6, 6.07) is 15.1. The zero-order valence-electron chi connectivity index (χ0n) is 20.8. The number of carboxylic acids is 1. The molecule has 2 aliphatic heterocycles. The van der Waals surface area contributed by atoms with Gasteiger partial charge in [-0.1, -0.05) is 53.2 Å². The Labute approximate surface area is 219 Å². The van der Waals surface area contributed by atoms with Crippen molar-refractivity contribution in [3.63, 3.8) is 0 Å². The molecule has 2 aromatic carbocycles. The molecule has 194 valence electrons. The van der Waals surface area contributed by atoms with Gasteiger partial charge in [-0.2, -0.15) is 0 Å². The number of nitrogens with zero attached hydrogens (tertiary/aromatic N) is 1. The van der Waals surface area contributed by atoms with Crippen LogP contribution in [0.1, 0.15) is 62.0 Å². The highest BCUT2D eigenvalue weighted by Gasteiger charge is 2.51. The van der Waals surface area contributed by atoms with Crippen LogP contribution in [0.25, 0.3) is 11.3 Å². The molecule has 1 saturated carbocycles. The number of anilines is 1. The molecule has 1 unspecified atom stereocenters. The first kappa shape index (κ1) is 25.3. The van der Waals surface area contributed by atoms with Gasteiger partial charge in [0.15, 0.2) is 5.76 Å². The summed E-state index contributed by atoms with van der Waals surface area (Å²) in [5.41, 5.74) is 3.11. The van der Waals surface area contributed by atoms with Crippen molar-refractivity contribution < 1.29 is 28.7 Å². The number of carboxylic acid groups (broad SMARTS) is 1. The second-order valence-electron chi connectivity index (χ2n) is 10.1. The predicted molar refractivity (Wildman–Crippen MR) is 138 cm³/mol. The van der Waals surface area contributed by atoms with Crippen molar-refractivity contribution >= 4 is 29.4 Å².